The third-order valence-corrected chi connectivity index (χ3v) is 9.95. The molecule has 2 atom stereocenters. The van der Waals surface area contributed by atoms with Gasteiger partial charge in [0.1, 0.15) is 18.4 Å². The Morgan fingerprint density at radius 2 is 1.84 bits per heavy atom. The van der Waals surface area contributed by atoms with Crippen LogP contribution in [0.25, 0.3) is 0 Å². The van der Waals surface area contributed by atoms with Crippen LogP contribution in [0, 0.1) is 0 Å². The van der Waals surface area contributed by atoms with E-state index in [0.717, 1.165) is 21.2 Å². The molecule has 0 saturated heterocycles. The highest BCUT2D eigenvalue weighted by Crippen LogP contribution is 2.40. The Balaban J connectivity index is 1.51. The van der Waals surface area contributed by atoms with Crippen molar-refractivity contribution in [1.82, 2.24) is 10.3 Å². The van der Waals surface area contributed by atoms with Gasteiger partial charge in [-0.25, -0.2) is 4.98 Å². The summed E-state index contributed by atoms with van der Waals surface area (Å²) in [4.78, 5) is 17.5. The van der Waals surface area contributed by atoms with Crippen LogP contribution in [0.5, 0.6) is 5.75 Å². The zero-order valence-corrected chi connectivity index (χ0v) is 26.3. The number of hydrogen-bond acceptors (Lipinski definition) is 10. The van der Waals surface area contributed by atoms with Crippen molar-refractivity contribution in [2.24, 2.45) is 0 Å². The van der Waals surface area contributed by atoms with Gasteiger partial charge in [0.2, 0.25) is 5.91 Å². The summed E-state index contributed by atoms with van der Waals surface area (Å²) in [6, 6.07) is 17.6. The summed E-state index contributed by atoms with van der Waals surface area (Å²) < 4.78 is 50.0. The lowest BCUT2D eigenvalue weighted by molar-refractivity contribution is -0.123. The minimum absolute atomic E-state index is 0.0888. The number of anilines is 2. The minimum atomic E-state index is -3.99. The molecule has 43 heavy (non-hydrogen) atoms. The second-order valence-corrected chi connectivity index (χ2v) is 12.9. The van der Waals surface area contributed by atoms with Gasteiger partial charge >= 0.3 is 0 Å². The molecule has 2 N–H and O–H groups in total. The number of aromatic nitrogens is 1. The van der Waals surface area contributed by atoms with Crippen LogP contribution in [-0.2, 0) is 41.2 Å². The summed E-state index contributed by atoms with van der Waals surface area (Å²) in [5, 5.41) is 6.03. The first-order valence-corrected chi connectivity index (χ1v) is 16.2. The van der Waals surface area contributed by atoms with Gasteiger partial charge in [0.15, 0.2) is 11.3 Å². The van der Waals surface area contributed by atoms with Crippen LogP contribution in [-0.4, -0.2) is 85.0 Å². The van der Waals surface area contributed by atoms with Gasteiger partial charge in [-0.1, -0.05) is 36.4 Å². The zero-order valence-electron chi connectivity index (χ0n) is 24.7. The molecular formula is C30H38N4O7S2. The topological polar surface area (TPSA) is 128 Å². The van der Waals surface area contributed by atoms with Crippen molar-refractivity contribution >= 4 is 39.1 Å². The van der Waals surface area contributed by atoms with Crippen molar-refractivity contribution in [2.75, 3.05) is 57.8 Å². The molecule has 1 aliphatic heterocycles. The molecule has 2 heterocycles. The average Bonchev–Trinajstić information content (AvgIpc) is 3.47. The van der Waals surface area contributed by atoms with E-state index in [1.54, 1.807) is 51.3 Å². The van der Waals surface area contributed by atoms with E-state index in [9.17, 15) is 13.2 Å². The average molecular weight is 631 g/mol. The Kier molecular flexibility index (Phi) is 11.7. The number of methoxy groups -OCH3 is 3. The molecule has 11 nitrogen and oxygen atoms in total. The molecule has 2 aromatic carbocycles. The maximum absolute atomic E-state index is 13.5. The number of carbonyl (C=O) groups excluding carboxylic acids is 1. The maximum Gasteiger partial charge on any atom is 0.281 e. The first-order chi connectivity index (χ1) is 20.8. The van der Waals surface area contributed by atoms with Crippen LogP contribution in [0.4, 0.5) is 11.4 Å². The van der Waals surface area contributed by atoms with Crippen molar-refractivity contribution in [1.29, 1.82) is 0 Å². The summed E-state index contributed by atoms with van der Waals surface area (Å²) in [7, 11) is 2.19. The third-order valence-electron chi connectivity index (χ3n) is 6.94. The Bertz CT molecular complexity index is 1440. The molecule has 13 heteroatoms. The highest BCUT2D eigenvalue weighted by atomic mass is 32.2. The van der Waals surface area contributed by atoms with Crippen LogP contribution in [0.15, 0.2) is 71.9 Å². The van der Waals surface area contributed by atoms with Gasteiger partial charge < -0.3 is 29.6 Å². The van der Waals surface area contributed by atoms with Crippen molar-refractivity contribution in [3.8, 4) is 5.75 Å². The van der Waals surface area contributed by atoms with Gasteiger partial charge in [-0.05, 0) is 29.3 Å². The fourth-order valence-electron chi connectivity index (χ4n) is 4.67. The zero-order chi connectivity index (χ0) is 30.8. The molecule has 4 rings (SSSR count). The van der Waals surface area contributed by atoms with E-state index in [0.29, 0.717) is 36.7 Å². The van der Waals surface area contributed by atoms with Gasteiger partial charge in [0.25, 0.3) is 10.0 Å². The molecule has 0 fully saturated rings. The monoisotopic (exact) mass is 630 g/mol. The summed E-state index contributed by atoms with van der Waals surface area (Å²) in [5.41, 5.74) is 2.81. The first-order valence-electron chi connectivity index (χ1n) is 13.7. The highest BCUT2D eigenvalue weighted by molar-refractivity contribution is 7.99. The number of ether oxygens (including phenoxy) is 4. The van der Waals surface area contributed by atoms with Crippen LogP contribution in [0.1, 0.15) is 11.1 Å². The van der Waals surface area contributed by atoms with E-state index in [1.165, 1.54) is 19.3 Å². The van der Waals surface area contributed by atoms with Gasteiger partial charge in [0, 0.05) is 59.4 Å². The van der Waals surface area contributed by atoms with E-state index in [1.807, 2.05) is 36.4 Å². The van der Waals surface area contributed by atoms with E-state index < -0.39 is 22.4 Å². The van der Waals surface area contributed by atoms with Gasteiger partial charge in [0.05, 0.1) is 23.2 Å². The van der Waals surface area contributed by atoms with Crippen molar-refractivity contribution in [3.05, 3.63) is 78.0 Å². The van der Waals surface area contributed by atoms with Crippen LogP contribution < -0.4 is 19.7 Å². The molecule has 232 valence electrons. The molecule has 0 saturated carbocycles. The summed E-state index contributed by atoms with van der Waals surface area (Å²) in [6.07, 6.45) is 1.25. The smallest absolute Gasteiger partial charge is 0.281 e. The largest absolute Gasteiger partial charge is 0.491 e. The molecule has 2 unspecified atom stereocenters. The van der Waals surface area contributed by atoms with E-state index >= 15 is 0 Å². The fourth-order valence-corrected chi connectivity index (χ4v) is 6.98. The lowest BCUT2D eigenvalue weighted by atomic mass is 10.1. The van der Waals surface area contributed by atoms with Gasteiger partial charge in [-0.3, -0.25) is 9.10 Å². The predicted molar refractivity (Wildman–Crippen MR) is 167 cm³/mol. The molecule has 0 radical (unpaired) electrons. The van der Waals surface area contributed by atoms with E-state index in [4.69, 9.17) is 18.9 Å². The van der Waals surface area contributed by atoms with Crippen molar-refractivity contribution in [3.63, 3.8) is 0 Å². The van der Waals surface area contributed by atoms with Crippen molar-refractivity contribution in [2.45, 2.75) is 34.8 Å². The normalized spacial score (nSPS) is 15.0. The molecule has 0 bridgehead atoms. The number of rotatable bonds is 16. The number of hydrogen-bond donors (Lipinski definition) is 2. The van der Waals surface area contributed by atoms with Gasteiger partial charge in [-0.15, -0.1) is 11.8 Å². The molecule has 1 amide bonds. The summed E-state index contributed by atoms with van der Waals surface area (Å²) in [5.74, 6) is 0.969. The quantitative estimate of drug-likeness (QED) is 0.180. The predicted octanol–water partition coefficient (Wildman–Crippen LogP) is 3.31. The molecule has 3 aromatic rings. The number of thioether (sulfide) groups is 1. The lowest BCUT2D eigenvalue weighted by Crippen LogP contribution is -2.44. The Labute approximate surface area is 257 Å². The van der Waals surface area contributed by atoms with Crippen LogP contribution in [0.3, 0.4) is 0 Å². The maximum atomic E-state index is 13.5. The SMILES string of the molecule is COCCOc1cc2c(c(N(C)S(=O)(=O)c3ccccn3)c1)NC(C(=O)NCC(SCc1ccccc1)C(OC)OC)C2. The number of fused-ring (bicyclic) bond motifs is 1. The highest BCUT2D eigenvalue weighted by Gasteiger charge is 2.34. The number of benzene rings is 2. The Hall–Kier alpha value is -3.36. The number of nitrogens with zero attached hydrogens (tertiary/aromatic N) is 2. The number of pyridine rings is 1. The fraction of sp³-hybridized carbons (Fsp3) is 0.400. The Morgan fingerprint density at radius 3 is 2.51 bits per heavy atom. The standard InChI is InChI=1S/C30H38N4O7S2/c1-34(43(36,37)27-12-8-9-13-31-27)25-18-23(41-15-14-38-2)16-22-17-24(33-28(22)25)29(35)32-19-26(30(39-3)40-4)42-20-21-10-6-5-7-11-21/h5-13,16,18,24,26,30,33H,14-15,17,19-20H2,1-4H3,(H,32,35). The first kappa shape index (κ1) is 32.6. The molecule has 0 spiro atoms. The number of nitrogens with one attached hydrogen (secondary N) is 2. The minimum Gasteiger partial charge on any atom is -0.491 e. The van der Waals surface area contributed by atoms with Crippen molar-refractivity contribution < 1.29 is 32.2 Å². The molecule has 0 aliphatic carbocycles. The van der Waals surface area contributed by atoms with E-state index in [-0.39, 0.29) is 22.8 Å². The van der Waals surface area contributed by atoms with Crippen LogP contribution in [0.2, 0.25) is 0 Å². The van der Waals surface area contributed by atoms with E-state index in [2.05, 4.69) is 15.6 Å². The number of amides is 1. The molecular weight excluding hydrogens is 592 g/mol. The second kappa shape index (κ2) is 15.4. The number of sulfonamides is 1. The lowest BCUT2D eigenvalue weighted by Gasteiger charge is -2.25. The Morgan fingerprint density at radius 1 is 1.09 bits per heavy atom. The molecule has 1 aliphatic rings. The van der Waals surface area contributed by atoms with Crippen LogP contribution >= 0.6 is 11.8 Å². The molecule has 1 aromatic heterocycles. The second-order valence-electron chi connectivity index (χ2n) is 9.78. The van der Waals surface area contributed by atoms with Gasteiger partial charge in [-0.2, -0.15) is 8.42 Å². The number of carbonyl (C=O) groups is 1. The summed E-state index contributed by atoms with van der Waals surface area (Å²) in [6.45, 7) is 0.958. The third kappa shape index (κ3) is 8.18. The summed E-state index contributed by atoms with van der Waals surface area (Å²) >= 11 is 1.63.